The van der Waals surface area contributed by atoms with E-state index in [1.807, 2.05) is 18.2 Å². The van der Waals surface area contributed by atoms with Crippen LogP contribution in [0, 0.1) is 11.8 Å². The van der Waals surface area contributed by atoms with Crippen molar-refractivity contribution in [3.8, 4) is 0 Å². The molecule has 1 unspecified atom stereocenters. The number of halogens is 1. The third kappa shape index (κ3) is 6.74. The number of nitrogens with two attached hydrogens (primary N) is 1. The molecule has 0 amide bonds. The van der Waals surface area contributed by atoms with E-state index in [9.17, 15) is 0 Å². The first-order valence-electron chi connectivity index (χ1n) is 7.62. The molecule has 0 spiro atoms. The molecule has 0 aliphatic rings. The molecule has 0 heterocycles. The maximum Gasteiger partial charge on any atom is 0.0409 e. The van der Waals surface area contributed by atoms with Crippen LogP contribution in [-0.4, -0.2) is 24.5 Å². The van der Waals surface area contributed by atoms with Gasteiger partial charge in [0.25, 0.3) is 0 Å². The van der Waals surface area contributed by atoms with E-state index >= 15 is 0 Å². The fourth-order valence-corrected chi connectivity index (χ4v) is 2.71. The summed E-state index contributed by atoms with van der Waals surface area (Å²) in [6.45, 7) is 12.4. The van der Waals surface area contributed by atoms with Crippen molar-refractivity contribution in [3.63, 3.8) is 0 Å². The monoisotopic (exact) mass is 296 g/mol. The second-order valence-electron chi connectivity index (χ2n) is 6.50. The van der Waals surface area contributed by atoms with Gasteiger partial charge in [-0.15, -0.1) is 0 Å². The molecule has 0 radical (unpaired) electrons. The molecule has 0 bridgehead atoms. The minimum absolute atomic E-state index is 0.0653. The Kier molecular flexibility index (Phi) is 7.57. The van der Waals surface area contributed by atoms with Crippen molar-refractivity contribution in [2.75, 3.05) is 19.6 Å². The summed E-state index contributed by atoms with van der Waals surface area (Å²) >= 11 is 6.02. The summed E-state index contributed by atoms with van der Waals surface area (Å²) in [5.41, 5.74) is 7.42. The van der Waals surface area contributed by atoms with E-state index in [0.29, 0.717) is 11.8 Å². The molecular formula is C17H29ClN2. The van der Waals surface area contributed by atoms with Crippen LogP contribution in [0.2, 0.25) is 5.02 Å². The molecule has 1 aromatic carbocycles. The first-order chi connectivity index (χ1) is 9.38. The smallest absolute Gasteiger partial charge is 0.0409 e. The molecule has 1 atom stereocenters. The topological polar surface area (TPSA) is 29.3 Å². The van der Waals surface area contributed by atoms with E-state index in [1.165, 1.54) is 0 Å². The van der Waals surface area contributed by atoms with E-state index in [1.54, 1.807) is 0 Å². The summed E-state index contributed by atoms with van der Waals surface area (Å²) < 4.78 is 0. The van der Waals surface area contributed by atoms with Gasteiger partial charge in [-0.3, -0.25) is 0 Å². The zero-order valence-electron chi connectivity index (χ0n) is 13.3. The van der Waals surface area contributed by atoms with Crippen molar-refractivity contribution in [3.05, 3.63) is 34.9 Å². The van der Waals surface area contributed by atoms with Crippen molar-refractivity contribution in [1.29, 1.82) is 0 Å². The number of benzene rings is 1. The van der Waals surface area contributed by atoms with Crippen molar-refractivity contribution in [2.45, 2.75) is 40.2 Å². The Balaban J connectivity index is 2.53. The summed E-state index contributed by atoms with van der Waals surface area (Å²) in [6.07, 6.45) is 0.972. The SMILES string of the molecule is CC(C)CN(CCC(N)c1cccc(Cl)c1)CC(C)C. The van der Waals surface area contributed by atoms with Gasteiger partial charge in [0.15, 0.2) is 0 Å². The number of rotatable bonds is 8. The lowest BCUT2D eigenvalue weighted by molar-refractivity contribution is 0.212. The third-order valence-electron chi connectivity index (χ3n) is 3.28. The first-order valence-corrected chi connectivity index (χ1v) is 7.99. The highest BCUT2D eigenvalue weighted by molar-refractivity contribution is 6.30. The van der Waals surface area contributed by atoms with Crippen LogP contribution in [0.4, 0.5) is 0 Å². The number of hydrogen-bond acceptors (Lipinski definition) is 2. The molecular weight excluding hydrogens is 268 g/mol. The van der Waals surface area contributed by atoms with Crippen LogP contribution in [0.15, 0.2) is 24.3 Å². The van der Waals surface area contributed by atoms with E-state index in [4.69, 9.17) is 17.3 Å². The molecule has 0 saturated carbocycles. The molecule has 3 heteroatoms. The van der Waals surface area contributed by atoms with Crippen LogP contribution in [0.3, 0.4) is 0 Å². The van der Waals surface area contributed by atoms with Crippen molar-refractivity contribution in [2.24, 2.45) is 17.6 Å². The highest BCUT2D eigenvalue weighted by Gasteiger charge is 2.12. The van der Waals surface area contributed by atoms with Crippen LogP contribution >= 0.6 is 11.6 Å². The predicted octanol–water partition coefficient (Wildman–Crippen LogP) is 4.34. The normalized spacial score (nSPS) is 13.4. The lowest BCUT2D eigenvalue weighted by Crippen LogP contribution is -2.33. The molecule has 1 rings (SSSR count). The van der Waals surface area contributed by atoms with Gasteiger partial charge < -0.3 is 10.6 Å². The van der Waals surface area contributed by atoms with Gasteiger partial charge >= 0.3 is 0 Å². The molecule has 2 nitrogen and oxygen atoms in total. The zero-order chi connectivity index (χ0) is 15.1. The largest absolute Gasteiger partial charge is 0.324 e. The lowest BCUT2D eigenvalue weighted by Gasteiger charge is -2.27. The van der Waals surface area contributed by atoms with Crippen LogP contribution in [0.5, 0.6) is 0 Å². The van der Waals surface area contributed by atoms with Gasteiger partial charge in [-0.1, -0.05) is 51.4 Å². The first kappa shape index (κ1) is 17.5. The van der Waals surface area contributed by atoms with Crippen molar-refractivity contribution < 1.29 is 0 Å². The summed E-state index contributed by atoms with van der Waals surface area (Å²) in [7, 11) is 0. The van der Waals surface area contributed by atoms with Crippen LogP contribution in [-0.2, 0) is 0 Å². The Labute approximate surface area is 129 Å². The number of nitrogens with zero attached hydrogens (tertiary/aromatic N) is 1. The maximum atomic E-state index is 6.29. The van der Waals surface area contributed by atoms with Gasteiger partial charge in [0.2, 0.25) is 0 Å². The minimum atomic E-state index is 0.0653. The average molecular weight is 297 g/mol. The fourth-order valence-electron chi connectivity index (χ4n) is 2.52. The van der Waals surface area contributed by atoms with Crippen molar-refractivity contribution in [1.82, 2.24) is 4.90 Å². The summed E-state index contributed by atoms with van der Waals surface area (Å²) in [5, 5.41) is 0.763. The Hall–Kier alpha value is -0.570. The maximum absolute atomic E-state index is 6.29. The standard InChI is InChI=1S/C17H29ClN2/c1-13(2)11-20(12-14(3)4)9-8-17(19)15-6-5-7-16(18)10-15/h5-7,10,13-14,17H,8-9,11-12,19H2,1-4H3. The molecule has 0 saturated heterocycles. The minimum Gasteiger partial charge on any atom is -0.324 e. The Morgan fingerprint density at radius 1 is 1.10 bits per heavy atom. The Morgan fingerprint density at radius 2 is 1.70 bits per heavy atom. The molecule has 2 N–H and O–H groups in total. The van der Waals surface area contributed by atoms with E-state index in [2.05, 4.69) is 38.7 Å². The second kappa shape index (κ2) is 8.66. The molecule has 0 aliphatic heterocycles. The molecule has 114 valence electrons. The molecule has 0 aliphatic carbocycles. The molecule has 20 heavy (non-hydrogen) atoms. The van der Waals surface area contributed by atoms with Crippen LogP contribution in [0.25, 0.3) is 0 Å². The Bertz CT molecular complexity index is 380. The predicted molar refractivity (Wildman–Crippen MR) is 89.1 cm³/mol. The second-order valence-corrected chi connectivity index (χ2v) is 6.93. The van der Waals surface area contributed by atoms with Crippen LogP contribution in [0.1, 0.15) is 45.7 Å². The van der Waals surface area contributed by atoms with Gasteiger partial charge in [-0.05, 0) is 42.5 Å². The molecule has 1 aromatic rings. The van der Waals surface area contributed by atoms with E-state index < -0.39 is 0 Å². The Morgan fingerprint density at radius 3 is 2.20 bits per heavy atom. The fraction of sp³-hybridized carbons (Fsp3) is 0.647. The third-order valence-corrected chi connectivity index (χ3v) is 3.51. The number of hydrogen-bond donors (Lipinski definition) is 1. The van der Waals surface area contributed by atoms with E-state index in [-0.39, 0.29) is 6.04 Å². The van der Waals surface area contributed by atoms with E-state index in [0.717, 1.165) is 36.6 Å². The summed E-state index contributed by atoms with van der Waals surface area (Å²) in [6, 6.07) is 7.96. The summed E-state index contributed by atoms with van der Waals surface area (Å²) in [5.74, 6) is 1.38. The highest BCUT2D eigenvalue weighted by atomic mass is 35.5. The van der Waals surface area contributed by atoms with Crippen molar-refractivity contribution >= 4 is 11.6 Å². The van der Waals surface area contributed by atoms with Gasteiger partial charge in [-0.25, -0.2) is 0 Å². The highest BCUT2D eigenvalue weighted by Crippen LogP contribution is 2.19. The summed E-state index contributed by atoms with van der Waals surface area (Å²) in [4.78, 5) is 2.53. The van der Waals surface area contributed by atoms with Crippen LogP contribution < -0.4 is 5.73 Å². The van der Waals surface area contributed by atoms with Gasteiger partial charge in [0, 0.05) is 24.2 Å². The molecule has 0 fully saturated rings. The average Bonchev–Trinajstić information content (AvgIpc) is 2.34. The quantitative estimate of drug-likeness (QED) is 0.773. The van der Waals surface area contributed by atoms with Gasteiger partial charge in [0.05, 0.1) is 0 Å². The van der Waals surface area contributed by atoms with Gasteiger partial charge in [0.1, 0.15) is 0 Å². The molecule has 0 aromatic heterocycles. The lowest BCUT2D eigenvalue weighted by atomic mass is 10.0. The van der Waals surface area contributed by atoms with Gasteiger partial charge in [-0.2, -0.15) is 0 Å². The zero-order valence-corrected chi connectivity index (χ0v) is 14.0.